The van der Waals surface area contributed by atoms with Gasteiger partial charge in [-0.25, -0.2) is 23.1 Å². The van der Waals surface area contributed by atoms with Crippen molar-refractivity contribution < 1.29 is 13.2 Å². The van der Waals surface area contributed by atoms with Crippen molar-refractivity contribution in [2.45, 2.75) is 17.7 Å². The van der Waals surface area contributed by atoms with Gasteiger partial charge in [-0.3, -0.25) is 4.90 Å². The van der Waals surface area contributed by atoms with Crippen LogP contribution in [0.1, 0.15) is 12.8 Å². The number of likely N-dealkylation sites (tertiary alicyclic amines) is 1. The number of rotatable bonds is 9. The van der Waals surface area contributed by atoms with Gasteiger partial charge < -0.3 is 10.1 Å². The highest BCUT2D eigenvalue weighted by Gasteiger charge is 2.13. The second kappa shape index (κ2) is 10.6. The predicted molar refractivity (Wildman–Crippen MR) is 142 cm³/mol. The Morgan fingerprint density at radius 2 is 1.72 bits per heavy atom. The fraction of sp³-hybridized carbons (Fsp3) is 0.259. The van der Waals surface area contributed by atoms with Crippen molar-refractivity contribution in [2.75, 3.05) is 38.6 Å². The molecular weight excluding hydrogens is 474 g/mol. The number of nitrogens with one attached hydrogen (secondary N) is 2. The second-order valence-corrected chi connectivity index (χ2v) is 10.6. The molecule has 4 aromatic rings. The van der Waals surface area contributed by atoms with Crippen molar-refractivity contribution in [1.82, 2.24) is 19.6 Å². The normalized spacial score (nSPS) is 14.2. The molecule has 1 fully saturated rings. The molecule has 0 saturated carbocycles. The predicted octanol–water partition coefficient (Wildman–Crippen LogP) is 4.42. The molecule has 0 atom stereocenters. The maximum Gasteiger partial charge on any atom is 0.240 e. The first-order chi connectivity index (χ1) is 17.5. The molecule has 1 aromatic heterocycles. The molecule has 9 heteroatoms. The summed E-state index contributed by atoms with van der Waals surface area (Å²) in [5.74, 6) is 1.29. The average molecular weight is 504 g/mol. The number of anilines is 2. The van der Waals surface area contributed by atoms with Crippen LogP contribution < -0.4 is 14.8 Å². The van der Waals surface area contributed by atoms with Crippen LogP contribution in [0.2, 0.25) is 0 Å². The molecule has 1 aliphatic heterocycles. The lowest BCUT2D eigenvalue weighted by molar-refractivity contribution is 0.238. The molecule has 1 saturated heterocycles. The Balaban J connectivity index is 1.32. The van der Waals surface area contributed by atoms with Crippen LogP contribution in [0, 0.1) is 0 Å². The maximum absolute atomic E-state index is 12.0. The van der Waals surface area contributed by atoms with Gasteiger partial charge in [-0.1, -0.05) is 30.3 Å². The first-order valence-electron chi connectivity index (χ1n) is 12.0. The van der Waals surface area contributed by atoms with Crippen molar-refractivity contribution in [3.05, 3.63) is 72.9 Å². The second-order valence-electron chi connectivity index (χ2n) is 8.72. The molecule has 0 aliphatic carbocycles. The molecule has 36 heavy (non-hydrogen) atoms. The molecule has 186 valence electrons. The fourth-order valence-electron chi connectivity index (χ4n) is 4.34. The number of aromatic nitrogens is 2. The van der Waals surface area contributed by atoms with Crippen LogP contribution in [-0.2, 0) is 10.0 Å². The Morgan fingerprint density at radius 3 is 2.44 bits per heavy atom. The minimum Gasteiger partial charge on any atom is -0.492 e. The van der Waals surface area contributed by atoms with Gasteiger partial charge in [0.05, 0.1) is 10.4 Å². The third-order valence-electron chi connectivity index (χ3n) is 6.34. The quantitative estimate of drug-likeness (QED) is 0.349. The van der Waals surface area contributed by atoms with Crippen molar-refractivity contribution in [3.8, 4) is 16.9 Å². The van der Waals surface area contributed by atoms with E-state index in [1.807, 2.05) is 30.3 Å². The van der Waals surface area contributed by atoms with Crippen LogP contribution in [0.4, 0.5) is 11.6 Å². The molecule has 0 spiro atoms. The third-order valence-corrected chi connectivity index (χ3v) is 7.77. The van der Waals surface area contributed by atoms with Crippen LogP contribution in [-0.4, -0.2) is 56.6 Å². The molecule has 8 nitrogen and oxygen atoms in total. The summed E-state index contributed by atoms with van der Waals surface area (Å²) in [4.78, 5) is 11.8. The van der Waals surface area contributed by atoms with E-state index in [-0.39, 0.29) is 4.90 Å². The number of ether oxygens (including phenoxy) is 1. The Kier molecular flexibility index (Phi) is 7.13. The van der Waals surface area contributed by atoms with E-state index in [0.29, 0.717) is 18.2 Å². The highest BCUT2D eigenvalue weighted by atomic mass is 32.2. The Bertz CT molecular complexity index is 1440. The van der Waals surface area contributed by atoms with Gasteiger partial charge in [-0.15, -0.1) is 0 Å². The number of hydrogen-bond acceptors (Lipinski definition) is 7. The lowest BCUT2D eigenvalue weighted by Gasteiger charge is -2.15. The summed E-state index contributed by atoms with van der Waals surface area (Å²) in [5.41, 5.74) is 3.56. The number of nitrogens with zero attached hydrogens (tertiary/aromatic N) is 3. The van der Waals surface area contributed by atoms with E-state index in [1.54, 1.807) is 18.3 Å². The SMILES string of the molecule is CNS(=O)(=O)c1ccc(Nc2ncc3cccc(-c4ccc(OCCN5CCCC5)cc4)c3n2)cc1. The standard InChI is InChI=1S/C27H29N5O3S/c1-28-36(33,34)24-13-9-22(10-14-24)30-27-29-19-21-5-4-6-25(26(21)31-27)20-7-11-23(12-8-20)35-18-17-32-15-2-3-16-32/h4-14,19,28H,2-3,15-18H2,1H3,(H,29,30,31). The Hall–Kier alpha value is -3.53. The molecule has 5 rings (SSSR count). The van der Waals surface area contributed by atoms with Crippen molar-refractivity contribution >= 4 is 32.6 Å². The van der Waals surface area contributed by atoms with Crippen LogP contribution in [0.15, 0.2) is 77.8 Å². The van der Waals surface area contributed by atoms with Gasteiger partial charge in [0.1, 0.15) is 12.4 Å². The number of benzene rings is 3. The molecule has 1 aliphatic rings. The number of para-hydroxylation sites is 1. The molecule has 0 amide bonds. The van der Waals surface area contributed by atoms with Crippen LogP contribution >= 0.6 is 0 Å². The third kappa shape index (κ3) is 5.48. The van der Waals surface area contributed by atoms with E-state index in [0.717, 1.165) is 34.3 Å². The van der Waals surface area contributed by atoms with E-state index in [2.05, 4.69) is 32.1 Å². The highest BCUT2D eigenvalue weighted by molar-refractivity contribution is 7.89. The van der Waals surface area contributed by atoms with E-state index in [9.17, 15) is 8.42 Å². The zero-order valence-electron chi connectivity index (χ0n) is 20.1. The van der Waals surface area contributed by atoms with Crippen LogP contribution in [0.3, 0.4) is 0 Å². The lowest BCUT2D eigenvalue weighted by atomic mass is 10.0. The Labute approximate surface area is 211 Å². The Morgan fingerprint density at radius 1 is 0.972 bits per heavy atom. The molecule has 3 aromatic carbocycles. The van der Waals surface area contributed by atoms with E-state index in [1.165, 1.54) is 45.1 Å². The summed E-state index contributed by atoms with van der Waals surface area (Å²) < 4.78 is 32.2. The number of sulfonamides is 1. The van der Waals surface area contributed by atoms with Crippen molar-refractivity contribution in [2.24, 2.45) is 0 Å². The van der Waals surface area contributed by atoms with Gasteiger partial charge in [0.25, 0.3) is 0 Å². The first-order valence-corrected chi connectivity index (χ1v) is 13.5. The van der Waals surface area contributed by atoms with Gasteiger partial charge in [0.15, 0.2) is 0 Å². The summed E-state index contributed by atoms with van der Waals surface area (Å²) in [6.45, 7) is 4.00. The molecule has 2 heterocycles. The summed E-state index contributed by atoms with van der Waals surface area (Å²) >= 11 is 0. The summed E-state index contributed by atoms with van der Waals surface area (Å²) in [7, 11) is -2.10. The van der Waals surface area contributed by atoms with E-state index < -0.39 is 10.0 Å². The van der Waals surface area contributed by atoms with Gasteiger partial charge in [0.2, 0.25) is 16.0 Å². The molecular formula is C27H29N5O3S. The number of fused-ring (bicyclic) bond motifs is 1. The summed E-state index contributed by atoms with van der Waals surface area (Å²) in [5, 5.41) is 4.10. The van der Waals surface area contributed by atoms with Gasteiger partial charge in [0, 0.05) is 29.4 Å². The first kappa shape index (κ1) is 24.2. The van der Waals surface area contributed by atoms with Gasteiger partial charge >= 0.3 is 0 Å². The van der Waals surface area contributed by atoms with Crippen molar-refractivity contribution in [1.29, 1.82) is 0 Å². The van der Waals surface area contributed by atoms with Gasteiger partial charge in [-0.05, 0) is 74.9 Å². The van der Waals surface area contributed by atoms with Gasteiger partial charge in [-0.2, -0.15) is 0 Å². The number of hydrogen-bond donors (Lipinski definition) is 2. The molecule has 0 unspecified atom stereocenters. The zero-order valence-corrected chi connectivity index (χ0v) is 21.0. The van der Waals surface area contributed by atoms with Crippen LogP contribution in [0.25, 0.3) is 22.0 Å². The maximum atomic E-state index is 12.0. The van der Waals surface area contributed by atoms with Crippen LogP contribution in [0.5, 0.6) is 5.75 Å². The zero-order chi connectivity index (χ0) is 25.0. The monoisotopic (exact) mass is 503 g/mol. The molecule has 2 N–H and O–H groups in total. The lowest BCUT2D eigenvalue weighted by Crippen LogP contribution is -2.25. The minimum absolute atomic E-state index is 0.195. The molecule has 0 radical (unpaired) electrons. The summed E-state index contributed by atoms with van der Waals surface area (Å²) in [6, 6.07) is 20.6. The highest BCUT2D eigenvalue weighted by Crippen LogP contribution is 2.29. The van der Waals surface area contributed by atoms with E-state index in [4.69, 9.17) is 9.72 Å². The largest absolute Gasteiger partial charge is 0.492 e. The van der Waals surface area contributed by atoms with E-state index >= 15 is 0 Å². The summed E-state index contributed by atoms with van der Waals surface area (Å²) in [6.07, 6.45) is 4.35. The fourth-order valence-corrected chi connectivity index (χ4v) is 5.07. The minimum atomic E-state index is -3.49. The average Bonchev–Trinajstić information content (AvgIpc) is 3.43. The van der Waals surface area contributed by atoms with Crippen molar-refractivity contribution in [3.63, 3.8) is 0 Å². The smallest absolute Gasteiger partial charge is 0.240 e. The topological polar surface area (TPSA) is 96.5 Å². The molecule has 0 bridgehead atoms.